The maximum atomic E-state index is 4.80. The lowest BCUT2D eigenvalue weighted by Crippen LogP contribution is -2.37. The van der Waals surface area contributed by atoms with E-state index in [0.717, 1.165) is 0 Å². The molecule has 0 aliphatic heterocycles. The van der Waals surface area contributed by atoms with Gasteiger partial charge in [0.05, 0.1) is 0 Å². The molecule has 0 atom stereocenters. The molecular weight excluding hydrogens is 152 g/mol. The molecule has 0 aliphatic carbocycles. The molecule has 0 radical (unpaired) electrons. The fraction of sp³-hybridized carbons (Fsp3) is 0.800. The van der Waals surface area contributed by atoms with Crippen LogP contribution in [0.25, 0.3) is 0 Å². The van der Waals surface area contributed by atoms with Crippen LogP contribution in [0, 0.1) is 0 Å². The first kappa shape index (κ1) is 9.61. The standard InChI is InChI=1S/C5H12N2O2S/c1-8-3-6-5(10)7-4-9-2/h3-4H2,1-2H3,(H2,6,7,10). The largest absolute Gasteiger partial charge is 0.365 e. The van der Waals surface area contributed by atoms with Gasteiger partial charge in [-0.05, 0) is 12.2 Å². The first-order valence-electron chi connectivity index (χ1n) is 2.81. The molecule has 0 aromatic carbocycles. The van der Waals surface area contributed by atoms with Crippen molar-refractivity contribution in [3.05, 3.63) is 0 Å². The Labute approximate surface area is 65.9 Å². The lowest BCUT2D eigenvalue weighted by atomic mass is 10.9. The highest BCUT2D eigenvalue weighted by atomic mass is 32.1. The second-order valence-electron chi connectivity index (χ2n) is 1.55. The summed E-state index contributed by atoms with van der Waals surface area (Å²) in [6.45, 7) is 0.824. The van der Waals surface area contributed by atoms with Crippen LogP contribution in [0.15, 0.2) is 0 Å². The number of methoxy groups -OCH3 is 2. The highest BCUT2D eigenvalue weighted by Gasteiger charge is 1.89. The second kappa shape index (κ2) is 6.73. The van der Waals surface area contributed by atoms with Crippen LogP contribution in [0.4, 0.5) is 0 Å². The van der Waals surface area contributed by atoms with Crippen molar-refractivity contribution in [1.82, 2.24) is 10.6 Å². The average Bonchev–Trinajstić information content (AvgIpc) is 1.97. The van der Waals surface area contributed by atoms with E-state index in [4.69, 9.17) is 21.7 Å². The zero-order chi connectivity index (χ0) is 7.82. The average molecular weight is 164 g/mol. The third-order valence-corrected chi connectivity index (χ3v) is 1.04. The number of ether oxygens (including phenoxy) is 2. The molecule has 4 nitrogen and oxygen atoms in total. The molecule has 0 saturated carbocycles. The van der Waals surface area contributed by atoms with Crippen LogP contribution in [0.3, 0.4) is 0 Å². The molecule has 0 heterocycles. The maximum Gasteiger partial charge on any atom is 0.169 e. The highest BCUT2D eigenvalue weighted by Crippen LogP contribution is 1.66. The van der Waals surface area contributed by atoms with Crippen LogP contribution in [0.5, 0.6) is 0 Å². The SMILES string of the molecule is COCNC(=S)NCOC. The molecule has 0 aliphatic rings. The number of hydrogen-bond acceptors (Lipinski definition) is 3. The zero-order valence-corrected chi connectivity index (χ0v) is 6.96. The van der Waals surface area contributed by atoms with Crippen LogP contribution < -0.4 is 10.6 Å². The lowest BCUT2D eigenvalue weighted by Gasteiger charge is -2.07. The maximum absolute atomic E-state index is 4.80. The first-order valence-corrected chi connectivity index (χ1v) is 3.21. The fourth-order valence-electron chi connectivity index (χ4n) is 0.338. The summed E-state index contributed by atoms with van der Waals surface area (Å²) in [4.78, 5) is 0. The van der Waals surface area contributed by atoms with E-state index in [0.29, 0.717) is 18.6 Å². The molecule has 0 amide bonds. The summed E-state index contributed by atoms with van der Waals surface area (Å²) < 4.78 is 9.43. The number of rotatable bonds is 4. The van der Waals surface area contributed by atoms with Crippen LogP contribution >= 0.6 is 12.2 Å². The molecule has 0 saturated heterocycles. The summed E-state index contributed by atoms with van der Waals surface area (Å²) >= 11 is 4.80. The van der Waals surface area contributed by atoms with Crippen molar-refractivity contribution in [2.24, 2.45) is 0 Å². The third-order valence-electron chi connectivity index (χ3n) is 0.754. The molecule has 60 valence electrons. The topological polar surface area (TPSA) is 42.5 Å². The van der Waals surface area contributed by atoms with E-state index in [9.17, 15) is 0 Å². The van der Waals surface area contributed by atoms with E-state index < -0.39 is 0 Å². The Kier molecular flexibility index (Phi) is 6.46. The Morgan fingerprint density at radius 2 is 1.60 bits per heavy atom. The van der Waals surface area contributed by atoms with Crippen molar-refractivity contribution in [3.8, 4) is 0 Å². The van der Waals surface area contributed by atoms with E-state index in [1.54, 1.807) is 14.2 Å². The lowest BCUT2D eigenvalue weighted by molar-refractivity contribution is 0.181. The van der Waals surface area contributed by atoms with Gasteiger partial charge in [-0.2, -0.15) is 0 Å². The monoisotopic (exact) mass is 164 g/mol. The van der Waals surface area contributed by atoms with Crippen LogP contribution in [-0.2, 0) is 9.47 Å². The summed E-state index contributed by atoms with van der Waals surface area (Å²) in [5.74, 6) is 0. The molecule has 5 heteroatoms. The van der Waals surface area contributed by atoms with Gasteiger partial charge in [0, 0.05) is 14.2 Å². The molecule has 0 fully saturated rings. The van der Waals surface area contributed by atoms with Crippen LogP contribution in [0.1, 0.15) is 0 Å². The minimum absolute atomic E-state index is 0.412. The van der Waals surface area contributed by atoms with Gasteiger partial charge < -0.3 is 20.1 Å². The van der Waals surface area contributed by atoms with Crippen molar-refractivity contribution in [3.63, 3.8) is 0 Å². The van der Waals surface area contributed by atoms with Gasteiger partial charge >= 0.3 is 0 Å². The number of nitrogens with one attached hydrogen (secondary N) is 2. The quantitative estimate of drug-likeness (QED) is 0.439. The Morgan fingerprint density at radius 1 is 1.20 bits per heavy atom. The van der Waals surface area contributed by atoms with E-state index >= 15 is 0 Å². The molecule has 0 bridgehead atoms. The second-order valence-corrected chi connectivity index (χ2v) is 1.96. The summed E-state index contributed by atoms with van der Waals surface area (Å²) in [5, 5.41) is 6.10. The van der Waals surface area contributed by atoms with Crippen LogP contribution in [0.2, 0.25) is 0 Å². The first-order chi connectivity index (χ1) is 4.81. The summed E-state index contributed by atoms with van der Waals surface area (Å²) in [7, 11) is 3.18. The zero-order valence-electron chi connectivity index (χ0n) is 6.14. The van der Waals surface area contributed by atoms with Gasteiger partial charge in [-0.15, -0.1) is 0 Å². The van der Waals surface area contributed by atoms with E-state index in [1.807, 2.05) is 0 Å². The number of thiocarbonyl (C=S) groups is 1. The minimum Gasteiger partial charge on any atom is -0.365 e. The summed E-state index contributed by atoms with van der Waals surface area (Å²) in [6, 6.07) is 0. The normalized spacial score (nSPS) is 9.00. The number of hydrogen-bond donors (Lipinski definition) is 2. The van der Waals surface area contributed by atoms with Crippen molar-refractivity contribution < 1.29 is 9.47 Å². The van der Waals surface area contributed by atoms with E-state index in [2.05, 4.69) is 10.6 Å². The van der Waals surface area contributed by atoms with E-state index in [-0.39, 0.29) is 0 Å². The van der Waals surface area contributed by atoms with Crippen LogP contribution in [-0.4, -0.2) is 32.8 Å². The smallest absolute Gasteiger partial charge is 0.169 e. The molecule has 0 rings (SSSR count). The van der Waals surface area contributed by atoms with Gasteiger partial charge in [-0.25, -0.2) is 0 Å². The predicted molar refractivity (Wildman–Crippen MR) is 42.6 cm³/mol. The fourth-order valence-corrected chi connectivity index (χ4v) is 0.456. The molecule has 10 heavy (non-hydrogen) atoms. The summed E-state index contributed by atoms with van der Waals surface area (Å²) in [5.41, 5.74) is 0. The van der Waals surface area contributed by atoms with Crippen molar-refractivity contribution in [1.29, 1.82) is 0 Å². The van der Waals surface area contributed by atoms with Gasteiger partial charge in [-0.3, -0.25) is 0 Å². The molecule has 0 aromatic rings. The minimum atomic E-state index is 0.412. The molecule has 0 aromatic heterocycles. The summed E-state index contributed by atoms with van der Waals surface area (Å²) in [6.07, 6.45) is 0. The highest BCUT2D eigenvalue weighted by molar-refractivity contribution is 7.80. The predicted octanol–water partition coefficient (Wildman–Crippen LogP) is -0.342. The van der Waals surface area contributed by atoms with Gasteiger partial charge in [0.2, 0.25) is 0 Å². The molecule has 0 unspecified atom stereocenters. The van der Waals surface area contributed by atoms with Gasteiger partial charge in [0.25, 0.3) is 0 Å². The molecule has 2 N–H and O–H groups in total. The Morgan fingerprint density at radius 3 is 1.90 bits per heavy atom. The van der Waals surface area contributed by atoms with Crippen molar-refractivity contribution in [2.45, 2.75) is 0 Å². The Bertz CT molecular complexity index is 89.6. The molecular formula is C5H12N2O2S. The van der Waals surface area contributed by atoms with Gasteiger partial charge in [-0.1, -0.05) is 0 Å². The Hall–Kier alpha value is -0.390. The molecule has 0 spiro atoms. The van der Waals surface area contributed by atoms with Gasteiger partial charge in [0.1, 0.15) is 13.5 Å². The van der Waals surface area contributed by atoms with Gasteiger partial charge in [0.15, 0.2) is 5.11 Å². The third kappa shape index (κ3) is 5.74. The van der Waals surface area contributed by atoms with Crippen molar-refractivity contribution in [2.75, 3.05) is 27.7 Å². The Balaban J connectivity index is 3.09. The van der Waals surface area contributed by atoms with Crippen molar-refractivity contribution >= 4 is 17.3 Å². The van der Waals surface area contributed by atoms with E-state index in [1.165, 1.54) is 0 Å².